The fourth-order valence-corrected chi connectivity index (χ4v) is 2.00. The molecule has 0 atom stereocenters. The Kier molecular flexibility index (Phi) is 3.42. The molecule has 20 heavy (non-hydrogen) atoms. The van der Waals surface area contributed by atoms with Crippen LogP contribution in [0.25, 0.3) is 23.1 Å². The third-order valence-electron chi connectivity index (χ3n) is 3.05. The quantitative estimate of drug-likeness (QED) is 0.720. The molecular weight excluding hydrogens is 248 g/mol. The molecule has 3 aromatic rings. The highest BCUT2D eigenvalue weighted by atomic mass is 16.5. The molecule has 0 unspecified atom stereocenters. The Hall–Kier alpha value is -2.68. The van der Waals surface area contributed by atoms with Gasteiger partial charge in [0.2, 0.25) is 0 Å². The van der Waals surface area contributed by atoms with Crippen LogP contribution in [-0.4, -0.2) is 17.1 Å². The van der Waals surface area contributed by atoms with Crippen LogP contribution in [0.4, 0.5) is 0 Å². The first-order valence-electron chi connectivity index (χ1n) is 6.38. The number of hydrogen-bond acceptors (Lipinski definition) is 3. The maximum absolute atomic E-state index is 5.21. The van der Waals surface area contributed by atoms with Gasteiger partial charge in [-0.1, -0.05) is 18.2 Å². The molecule has 0 N–H and O–H groups in total. The Labute approximate surface area is 117 Å². The van der Waals surface area contributed by atoms with Gasteiger partial charge in [0.25, 0.3) is 0 Å². The molecule has 0 amide bonds. The number of rotatable bonds is 3. The van der Waals surface area contributed by atoms with Gasteiger partial charge in [-0.05, 0) is 42.0 Å². The van der Waals surface area contributed by atoms with Crippen molar-refractivity contribution in [2.75, 3.05) is 7.11 Å². The van der Waals surface area contributed by atoms with E-state index in [1.807, 2.05) is 60.8 Å². The fraction of sp³-hybridized carbons (Fsp3) is 0.0588. The van der Waals surface area contributed by atoms with Crippen molar-refractivity contribution in [2.45, 2.75) is 0 Å². The van der Waals surface area contributed by atoms with Gasteiger partial charge in [-0.15, -0.1) is 0 Å². The Balaban J connectivity index is 1.91. The average molecular weight is 262 g/mol. The summed E-state index contributed by atoms with van der Waals surface area (Å²) in [6, 6.07) is 13.8. The standard InChI is InChI=1S/C17H14N2O/c1-20-16-8-9-17-14(11-16)5-7-15(19-17)6-4-13-3-2-10-18-12-13/h2-12H,1H3/b6-4+. The van der Waals surface area contributed by atoms with Crippen molar-refractivity contribution < 1.29 is 4.74 Å². The second-order valence-corrected chi connectivity index (χ2v) is 4.41. The van der Waals surface area contributed by atoms with Crippen molar-refractivity contribution in [3.8, 4) is 5.75 Å². The van der Waals surface area contributed by atoms with Crippen molar-refractivity contribution >= 4 is 23.1 Å². The van der Waals surface area contributed by atoms with Gasteiger partial charge in [-0.2, -0.15) is 0 Å². The zero-order chi connectivity index (χ0) is 13.8. The molecule has 0 spiro atoms. The topological polar surface area (TPSA) is 35.0 Å². The van der Waals surface area contributed by atoms with E-state index in [9.17, 15) is 0 Å². The van der Waals surface area contributed by atoms with Crippen LogP contribution < -0.4 is 4.74 Å². The fourth-order valence-electron chi connectivity index (χ4n) is 2.00. The number of nitrogens with zero attached hydrogens (tertiary/aromatic N) is 2. The summed E-state index contributed by atoms with van der Waals surface area (Å²) in [5, 5.41) is 1.07. The normalized spacial score (nSPS) is 11.1. The summed E-state index contributed by atoms with van der Waals surface area (Å²) >= 11 is 0. The van der Waals surface area contributed by atoms with E-state index in [1.165, 1.54) is 0 Å². The minimum atomic E-state index is 0.845. The number of ether oxygens (including phenoxy) is 1. The number of fused-ring (bicyclic) bond motifs is 1. The predicted molar refractivity (Wildman–Crippen MR) is 81.5 cm³/mol. The lowest BCUT2D eigenvalue weighted by atomic mass is 10.2. The van der Waals surface area contributed by atoms with Crippen molar-refractivity contribution in [1.29, 1.82) is 0 Å². The zero-order valence-corrected chi connectivity index (χ0v) is 11.2. The molecule has 2 aromatic heterocycles. The minimum Gasteiger partial charge on any atom is -0.497 e. The Morgan fingerprint density at radius 2 is 2.00 bits per heavy atom. The highest BCUT2D eigenvalue weighted by Crippen LogP contribution is 2.20. The molecule has 3 rings (SSSR count). The third-order valence-corrected chi connectivity index (χ3v) is 3.05. The van der Waals surface area contributed by atoms with E-state index in [1.54, 1.807) is 13.3 Å². The SMILES string of the molecule is COc1ccc2nc(/C=C/c3cccnc3)ccc2c1. The maximum atomic E-state index is 5.21. The first-order chi connectivity index (χ1) is 9.85. The van der Waals surface area contributed by atoms with Gasteiger partial charge >= 0.3 is 0 Å². The molecule has 0 saturated carbocycles. The summed E-state index contributed by atoms with van der Waals surface area (Å²) in [4.78, 5) is 8.68. The summed E-state index contributed by atoms with van der Waals surface area (Å²) in [6.07, 6.45) is 7.58. The predicted octanol–water partition coefficient (Wildman–Crippen LogP) is 3.81. The lowest BCUT2D eigenvalue weighted by molar-refractivity contribution is 0.415. The number of methoxy groups -OCH3 is 1. The summed E-state index contributed by atoms with van der Waals surface area (Å²) in [7, 11) is 1.67. The van der Waals surface area contributed by atoms with Gasteiger partial charge in [0.15, 0.2) is 0 Å². The molecule has 0 fully saturated rings. The van der Waals surface area contributed by atoms with E-state index in [4.69, 9.17) is 4.74 Å². The first kappa shape index (κ1) is 12.4. The van der Waals surface area contributed by atoms with Crippen molar-refractivity contribution in [2.24, 2.45) is 0 Å². The van der Waals surface area contributed by atoms with E-state index < -0.39 is 0 Å². The molecule has 0 bridgehead atoms. The van der Waals surface area contributed by atoms with Gasteiger partial charge < -0.3 is 4.74 Å². The van der Waals surface area contributed by atoms with E-state index >= 15 is 0 Å². The molecule has 3 heteroatoms. The molecule has 2 heterocycles. The Morgan fingerprint density at radius 3 is 2.80 bits per heavy atom. The van der Waals surface area contributed by atoms with Crippen molar-refractivity contribution in [1.82, 2.24) is 9.97 Å². The number of aromatic nitrogens is 2. The second kappa shape index (κ2) is 5.53. The van der Waals surface area contributed by atoms with Gasteiger partial charge in [-0.25, -0.2) is 4.98 Å². The third kappa shape index (κ3) is 2.67. The van der Waals surface area contributed by atoms with E-state index in [2.05, 4.69) is 9.97 Å². The Bertz CT molecular complexity index is 751. The second-order valence-electron chi connectivity index (χ2n) is 4.41. The molecule has 0 radical (unpaired) electrons. The summed E-state index contributed by atoms with van der Waals surface area (Å²) < 4.78 is 5.21. The van der Waals surface area contributed by atoms with Crippen molar-refractivity contribution in [3.05, 3.63) is 66.1 Å². The van der Waals surface area contributed by atoms with Crippen LogP contribution in [0.1, 0.15) is 11.3 Å². The maximum Gasteiger partial charge on any atom is 0.119 e. The lowest BCUT2D eigenvalue weighted by Crippen LogP contribution is -1.86. The lowest BCUT2D eigenvalue weighted by Gasteiger charge is -2.02. The van der Waals surface area contributed by atoms with Crippen LogP contribution in [0.2, 0.25) is 0 Å². The smallest absolute Gasteiger partial charge is 0.119 e. The van der Waals surface area contributed by atoms with Gasteiger partial charge in [0.1, 0.15) is 5.75 Å². The molecular formula is C17H14N2O. The monoisotopic (exact) mass is 262 g/mol. The van der Waals surface area contributed by atoms with E-state index in [-0.39, 0.29) is 0 Å². The first-order valence-corrected chi connectivity index (χ1v) is 6.38. The van der Waals surface area contributed by atoms with Crippen LogP contribution in [0, 0.1) is 0 Å². The number of pyridine rings is 2. The van der Waals surface area contributed by atoms with Crippen LogP contribution in [-0.2, 0) is 0 Å². The van der Waals surface area contributed by atoms with E-state index in [0.717, 1.165) is 27.9 Å². The molecule has 98 valence electrons. The molecule has 0 saturated heterocycles. The van der Waals surface area contributed by atoms with E-state index in [0.29, 0.717) is 0 Å². The summed E-state index contributed by atoms with van der Waals surface area (Å²) in [6.45, 7) is 0. The van der Waals surface area contributed by atoms with Gasteiger partial charge in [0, 0.05) is 17.8 Å². The van der Waals surface area contributed by atoms with Crippen molar-refractivity contribution in [3.63, 3.8) is 0 Å². The average Bonchev–Trinajstić information content (AvgIpc) is 2.53. The highest BCUT2D eigenvalue weighted by molar-refractivity contribution is 5.82. The molecule has 0 aliphatic rings. The van der Waals surface area contributed by atoms with Crippen LogP contribution in [0.3, 0.4) is 0 Å². The summed E-state index contributed by atoms with van der Waals surface area (Å²) in [5.41, 5.74) is 2.94. The van der Waals surface area contributed by atoms with Crippen LogP contribution >= 0.6 is 0 Å². The number of benzene rings is 1. The minimum absolute atomic E-state index is 0.845. The molecule has 3 nitrogen and oxygen atoms in total. The molecule has 1 aromatic carbocycles. The zero-order valence-electron chi connectivity index (χ0n) is 11.2. The summed E-state index contributed by atoms with van der Waals surface area (Å²) in [5.74, 6) is 0.845. The highest BCUT2D eigenvalue weighted by Gasteiger charge is 1.98. The largest absolute Gasteiger partial charge is 0.497 e. The number of hydrogen-bond donors (Lipinski definition) is 0. The molecule has 0 aliphatic heterocycles. The molecule has 0 aliphatic carbocycles. The van der Waals surface area contributed by atoms with Crippen LogP contribution in [0.5, 0.6) is 5.75 Å². The van der Waals surface area contributed by atoms with Crippen LogP contribution in [0.15, 0.2) is 54.9 Å². The Morgan fingerprint density at radius 1 is 1.05 bits per heavy atom. The van der Waals surface area contributed by atoms with Gasteiger partial charge in [0.05, 0.1) is 18.3 Å². The van der Waals surface area contributed by atoms with Gasteiger partial charge in [-0.3, -0.25) is 4.98 Å².